The summed E-state index contributed by atoms with van der Waals surface area (Å²) in [5.74, 6) is 1.04. The minimum atomic E-state index is 1.04. The second kappa shape index (κ2) is 5.75. The zero-order valence-electron chi connectivity index (χ0n) is 10.4. The molecule has 0 aliphatic carbocycles. The van der Waals surface area contributed by atoms with E-state index in [0.717, 1.165) is 5.92 Å². The number of quaternary nitrogens is 1. The fourth-order valence-electron chi connectivity index (χ4n) is 2.96. The number of nitrogens with zero attached hydrogens (tertiary/aromatic N) is 1. The Hall–Kier alpha value is -0.0400. The molecular formula is C13H28N+. The maximum atomic E-state index is 2.45. The van der Waals surface area contributed by atoms with Crippen LogP contribution in [0.25, 0.3) is 0 Å². The lowest BCUT2D eigenvalue weighted by molar-refractivity contribution is -0.899. The zero-order valence-corrected chi connectivity index (χ0v) is 10.4. The van der Waals surface area contributed by atoms with Crippen LogP contribution in [0.4, 0.5) is 0 Å². The van der Waals surface area contributed by atoms with Crippen LogP contribution in [0, 0.1) is 5.92 Å². The highest BCUT2D eigenvalue weighted by Crippen LogP contribution is 2.26. The summed E-state index contributed by atoms with van der Waals surface area (Å²) in [4.78, 5) is 0. The molecule has 2 unspecified atom stereocenters. The first-order chi connectivity index (χ1) is 6.70. The highest BCUT2D eigenvalue weighted by atomic mass is 15.3. The van der Waals surface area contributed by atoms with Gasteiger partial charge in [0.15, 0.2) is 0 Å². The van der Waals surface area contributed by atoms with Gasteiger partial charge >= 0.3 is 0 Å². The van der Waals surface area contributed by atoms with Gasteiger partial charge in [-0.25, -0.2) is 0 Å². The molecule has 0 N–H and O–H groups in total. The predicted molar refractivity (Wildman–Crippen MR) is 63.3 cm³/mol. The Kier molecular flexibility index (Phi) is 4.94. The van der Waals surface area contributed by atoms with Crippen LogP contribution in [0.15, 0.2) is 0 Å². The molecule has 1 heteroatoms. The first-order valence-electron chi connectivity index (χ1n) is 6.53. The van der Waals surface area contributed by atoms with Gasteiger partial charge in [-0.2, -0.15) is 0 Å². The maximum Gasteiger partial charge on any atom is 0.0815 e. The molecule has 0 aromatic rings. The van der Waals surface area contributed by atoms with Crippen molar-refractivity contribution in [2.24, 2.45) is 5.92 Å². The van der Waals surface area contributed by atoms with Gasteiger partial charge in [0.1, 0.15) is 0 Å². The van der Waals surface area contributed by atoms with E-state index in [4.69, 9.17) is 0 Å². The average Bonchev–Trinajstić information content (AvgIpc) is 2.49. The fraction of sp³-hybridized carbons (Fsp3) is 1.00. The third kappa shape index (κ3) is 3.61. The van der Waals surface area contributed by atoms with E-state index in [0.29, 0.717) is 0 Å². The second-order valence-corrected chi connectivity index (χ2v) is 5.40. The summed E-state index contributed by atoms with van der Waals surface area (Å²) in [5.41, 5.74) is 0. The summed E-state index contributed by atoms with van der Waals surface area (Å²) < 4.78 is 1.35. The van der Waals surface area contributed by atoms with Crippen LogP contribution in [0.1, 0.15) is 52.4 Å². The van der Waals surface area contributed by atoms with E-state index < -0.39 is 0 Å². The Morgan fingerprint density at radius 1 is 1.14 bits per heavy atom. The molecule has 1 aliphatic heterocycles. The van der Waals surface area contributed by atoms with Crippen molar-refractivity contribution in [2.45, 2.75) is 52.4 Å². The fourth-order valence-corrected chi connectivity index (χ4v) is 2.96. The smallest absolute Gasteiger partial charge is 0.0815 e. The van der Waals surface area contributed by atoms with Crippen molar-refractivity contribution >= 4 is 0 Å². The van der Waals surface area contributed by atoms with Gasteiger partial charge in [-0.1, -0.05) is 33.1 Å². The van der Waals surface area contributed by atoms with E-state index in [1.165, 1.54) is 62.6 Å². The first kappa shape index (κ1) is 12.0. The van der Waals surface area contributed by atoms with E-state index in [9.17, 15) is 0 Å². The van der Waals surface area contributed by atoms with Crippen molar-refractivity contribution in [3.63, 3.8) is 0 Å². The Morgan fingerprint density at radius 3 is 2.57 bits per heavy atom. The predicted octanol–water partition coefficient (Wildman–Crippen LogP) is 3.44. The van der Waals surface area contributed by atoms with Gasteiger partial charge in [-0.3, -0.25) is 0 Å². The molecule has 84 valence electrons. The minimum Gasteiger partial charge on any atom is -0.326 e. The topological polar surface area (TPSA) is 0 Å². The maximum absolute atomic E-state index is 2.45. The van der Waals surface area contributed by atoms with Crippen LogP contribution in [0.3, 0.4) is 0 Å². The number of hydrogen-bond donors (Lipinski definition) is 0. The molecule has 0 aromatic carbocycles. The lowest BCUT2D eigenvalue weighted by Crippen LogP contribution is -2.42. The molecule has 0 radical (unpaired) electrons. The molecule has 0 bridgehead atoms. The Morgan fingerprint density at radius 2 is 1.93 bits per heavy atom. The summed E-state index contributed by atoms with van der Waals surface area (Å²) in [6.45, 7) is 8.90. The van der Waals surface area contributed by atoms with Crippen molar-refractivity contribution in [3.05, 3.63) is 0 Å². The summed E-state index contributed by atoms with van der Waals surface area (Å²) in [5, 5.41) is 0. The molecule has 1 rings (SSSR count). The van der Waals surface area contributed by atoms with E-state index >= 15 is 0 Å². The van der Waals surface area contributed by atoms with Crippen LogP contribution in [-0.2, 0) is 0 Å². The molecule has 1 saturated heterocycles. The second-order valence-electron chi connectivity index (χ2n) is 5.40. The lowest BCUT2D eigenvalue weighted by Gasteiger charge is -2.29. The average molecular weight is 198 g/mol. The molecule has 2 atom stereocenters. The number of unbranched alkanes of at least 4 members (excludes halogenated alkanes) is 2. The molecular weight excluding hydrogens is 170 g/mol. The largest absolute Gasteiger partial charge is 0.326 e. The van der Waals surface area contributed by atoms with E-state index in [-0.39, 0.29) is 0 Å². The Balaban J connectivity index is 2.19. The Labute approximate surface area is 90.1 Å². The first-order valence-corrected chi connectivity index (χ1v) is 6.53. The van der Waals surface area contributed by atoms with Crippen molar-refractivity contribution in [1.82, 2.24) is 0 Å². The Bertz CT molecular complexity index is 155. The molecule has 1 heterocycles. The molecule has 1 fully saturated rings. The van der Waals surface area contributed by atoms with Gasteiger partial charge in [0.2, 0.25) is 0 Å². The van der Waals surface area contributed by atoms with Crippen molar-refractivity contribution in [2.75, 3.05) is 26.7 Å². The van der Waals surface area contributed by atoms with Crippen LogP contribution in [0.2, 0.25) is 0 Å². The van der Waals surface area contributed by atoms with Crippen LogP contribution in [0.5, 0.6) is 0 Å². The molecule has 14 heavy (non-hydrogen) atoms. The monoisotopic (exact) mass is 198 g/mol. The molecule has 0 amide bonds. The summed E-state index contributed by atoms with van der Waals surface area (Å²) in [6, 6.07) is 0. The number of likely N-dealkylation sites (tertiary alicyclic amines) is 1. The number of hydrogen-bond acceptors (Lipinski definition) is 0. The molecule has 0 saturated carbocycles. The van der Waals surface area contributed by atoms with E-state index in [1.54, 1.807) is 0 Å². The SMILES string of the molecule is CCCCCC1CC[N+](C)(CCC)C1. The van der Waals surface area contributed by atoms with Crippen LogP contribution in [-0.4, -0.2) is 31.2 Å². The van der Waals surface area contributed by atoms with Crippen molar-refractivity contribution in [1.29, 1.82) is 0 Å². The van der Waals surface area contributed by atoms with E-state index in [1.807, 2.05) is 0 Å². The van der Waals surface area contributed by atoms with Gasteiger partial charge in [0.05, 0.1) is 26.7 Å². The highest BCUT2D eigenvalue weighted by Gasteiger charge is 2.32. The molecule has 0 spiro atoms. The normalized spacial score (nSPS) is 32.4. The summed E-state index contributed by atoms with van der Waals surface area (Å²) in [6.07, 6.45) is 8.60. The van der Waals surface area contributed by atoms with Gasteiger partial charge in [-0.15, -0.1) is 0 Å². The standard InChI is InChI=1S/C13H28N/c1-4-6-7-8-13-9-11-14(3,12-13)10-5-2/h13H,4-12H2,1-3H3/q+1. The summed E-state index contributed by atoms with van der Waals surface area (Å²) >= 11 is 0. The van der Waals surface area contributed by atoms with E-state index in [2.05, 4.69) is 20.9 Å². The van der Waals surface area contributed by atoms with Gasteiger partial charge < -0.3 is 4.48 Å². The third-order valence-electron chi connectivity index (χ3n) is 3.76. The van der Waals surface area contributed by atoms with Gasteiger partial charge in [-0.05, 0) is 12.8 Å². The molecule has 1 aliphatic rings. The lowest BCUT2D eigenvalue weighted by atomic mass is 10.0. The zero-order chi connectivity index (χ0) is 10.4. The van der Waals surface area contributed by atoms with Crippen molar-refractivity contribution in [3.8, 4) is 0 Å². The molecule has 1 nitrogen and oxygen atoms in total. The minimum absolute atomic E-state index is 1.04. The van der Waals surface area contributed by atoms with Gasteiger partial charge in [0, 0.05) is 12.3 Å². The van der Waals surface area contributed by atoms with Crippen molar-refractivity contribution < 1.29 is 4.48 Å². The van der Waals surface area contributed by atoms with Crippen LogP contribution < -0.4 is 0 Å². The van der Waals surface area contributed by atoms with Gasteiger partial charge in [0.25, 0.3) is 0 Å². The summed E-state index contributed by atoms with van der Waals surface area (Å²) in [7, 11) is 2.45. The number of rotatable bonds is 6. The quantitative estimate of drug-likeness (QED) is 0.453. The highest BCUT2D eigenvalue weighted by molar-refractivity contribution is 4.65. The van der Waals surface area contributed by atoms with Crippen LogP contribution >= 0.6 is 0 Å². The third-order valence-corrected chi connectivity index (χ3v) is 3.76. The molecule has 0 aromatic heterocycles.